The second kappa shape index (κ2) is 8.65. The summed E-state index contributed by atoms with van der Waals surface area (Å²) in [7, 11) is 0. The first-order valence-electron chi connectivity index (χ1n) is 8.75. The Morgan fingerprint density at radius 2 is 1.88 bits per heavy atom. The predicted molar refractivity (Wildman–Crippen MR) is 98.7 cm³/mol. The fourth-order valence-electron chi connectivity index (χ4n) is 3.06. The molecule has 132 valence electrons. The molecule has 0 bridgehead atoms. The number of piperazine rings is 1. The van der Waals surface area contributed by atoms with Gasteiger partial charge in [0.1, 0.15) is 12.4 Å². The molecule has 0 aliphatic carbocycles. The van der Waals surface area contributed by atoms with Crippen LogP contribution in [0.5, 0.6) is 5.75 Å². The van der Waals surface area contributed by atoms with E-state index < -0.39 is 0 Å². The number of nitrogens with one attached hydrogen (secondary N) is 1. The van der Waals surface area contributed by atoms with Crippen LogP contribution < -0.4 is 15.8 Å². The van der Waals surface area contributed by atoms with Gasteiger partial charge in [0, 0.05) is 38.3 Å². The Morgan fingerprint density at radius 3 is 2.60 bits per heavy atom. The Kier molecular flexibility index (Phi) is 6.04. The van der Waals surface area contributed by atoms with E-state index in [0.717, 1.165) is 56.0 Å². The van der Waals surface area contributed by atoms with E-state index >= 15 is 0 Å². The highest BCUT2D eigenvalue weighted by Gasteiger charge is 2.13. The van der Waals surface area contributed by atoms with Crippen molar-refractivity contribution >= 4 is 5.91 Å². The van der Waals surface area contributed by atoms with E-state index in [-0.39, 0.29) is 5.91 Å². The Balaban J connectivity index is 1.66. The standard InChI is InChI=1S/C20H25N3O2/c21-20(24)19-7-6-18(25-15-16-4-2-1-3-5-16)14-17(19)8-11-23-12-9-22-10-13-23/h1-7,14,22H,8-13,15H2,(H2,21,24). The molecule has 25 heavy (non-hydrogen) atoms. The normalized spacial score (nSPS) is 15.0. The number of nitrogens with zero attached hydrogens (tertiary/aromatic N) is 1. The van der Waals surface area contributed by atoms with Crippen molar-refractivity contribution in [1.82, 2.24) is 10.2 Å². The Hall–Kier alpha value is -2.37. The van der Waals surface area contributed by atoms with Gasteiger partial charge < -0.3 is 20.7 Å². The van der Waals surface area contributed by atoms with Gasteiger partial charge in [-0.15, -0.1) is 0 Å². The third-order valence-corrected chi connectivity index (χ3v) is 4.50. The monoisotopic (exact) mass is 339 g/mol. The predicted octanol–water partition coefficient (Wildman–Crippen LogP) is 1.81. The van der Waals surface area contributed by atoms with E-state index in [4.69, 9.17) is 10.5 Å². The van der Waals surface area contributed by atoms with Crippen molar-refractivity contribution < 1.29 is 9.53 Å². The van der Waals surface area contributed by atoms with E-state index in [1.54, 1.807) is 6.07 Å². The third-order valence-electron chi connectivity index (χ3n) is 4.50. The van der Waals surface area contributed by atoms with Crippen LogP contribution in [-0.2, 0) is 13.0 Å². The summed E-state index contributed by atoms with van der Waals surface area (Å²) in [4.78, 5) is 14.1. The van der Waals surface area contributed by atoms with E-state index in [9.17, 15) is 4.79 Å². The summed E-state index contributed by atoms with van der Waals surface area (Å²) >= 11 is 0. The summed E-state index contributed by atoms with van der Waals surface area (Å²) < 4.78 is 5.88. The van der Waals surface area contributed by atoms with Gasteiger partial charge in [0.15, 0.2) is 0 Å². The summed E-state index contributed by atoms with van der Waals surface area (Å²) in [5, 5.41) is 3.35. The van der Waals surface area contributed by atoms with Crippen LogP contribution in [0.4, 0.5) is 0 Å². The molecule has 1 heterocycles. The van der Waals surface area contributed by atoms with Crippen molar-refractivity contribution in [1.29, 1.82) is 0 Å². The van der Waals surface area contributed by atoms with Gasteiger partial charge in [0.25, 0.3) is 0 Å². The molecule has 0 saturated carbocycles. The minimum atomic E-state index is -0.384. The van der Waals surface area contributed by atoms with E-state index in [2.05, 4.69) is 10.2 Å². The van der Waals surface area contributed by atoms with Gasteiger partial charge in [-0.1, -0.05) is 30.3 Å². The number of carbonyl (C=O) groups is 1. The molecule has 1 fully saturated rings. The summed E-state index contributed by atoms with van der Waals surface area (Å²) in [5.74, 6) is 0.383. The summed E-state index contributed by atoms with van der Waals surface area (Å²) in [6.45, 7) is 5.54. The molecule has 1 saturated heterocycles. The van der Waals surface area contributed by atoms with Gasteiger partial charge >= 0.3 is 0 Å². The molecule has 0 radical (unpaired) electrons. The number of carbonyl (C=O) groups excluding carboxylic acids is 1. The number of amides is 1. The van der Waals surface area contributed by atoms with Crippen molar-refractivity contribution in [3.8, 4) is 5.75 Å². The van der Waals surface area contributed by atoms with Crippen LogP contribution in [0.1, 0.15) is 21.5 Å². The number of rotatable bonds is 7. The first kappa shape index (κ1) is 17.5. The maximum Gasteiger partial charge on any atom is 0.248 e. The highest BCUT2D eigenvalue weighted by Crippen LogP contribution is 2.20. The van der Waals surface area contributed by atoms with Gasteiger partial charge in [-0.25, -0.2) is 0 Å². The van der Waals surface area contributed by atoms with Crippen molar-refractivity contribution in [2.45, 2.75) is 13.0 Å². The SMILES string of the molecule is NC(=O)c1ccc(OCc2ccccc2)cc1CCN1CCNCC1. The first-order chi connectivity index (χ1) is 12.2. The molecule has 3 N–H and O–H groups in total. The minimum Gasteiger partial charge on any atom is -0.489 e. The molecule has 2 aromatic rings. The maximum atomic E-state index is 11.7. The molecule has 5 heteroatoms. The molecule has 2 aromatic carbocycles. The Labute approximate surface area is 148 Å². The smallest absolute Gasteiger partial charge is 0.248 e. The maximum absolute atomic E-state index is 11.7. The number of primary amides is 1. The first-order valence-corrected chi connectivity index (χ1v) is 8.75. The second-order valence-electron chi connectivity index (χ2n) is 6.30. The lowest BCUT2D eigenvalue weighted by molar-refractivity contribution is 0.0999. The van der Waals surface area contributed by atoms with Crippen molar-refractivity contribution in [2.75, 3.05) is 32.7 Å². The van der Waals surface area contributed by atoms with E-state index in [1.165, 1.54) is 0 Å². The highest BCUT2D eigenvalue weighted by molar-refractivity contribution is 5.94. The van der Waals surface area contributed by atoms with Crippen LogP contribution in [0.15, 0.2) is 48.5 Å². The largest absolute Gasteiger partial charge is 0.489 e. The molecule has 0 aromatic heterocycles. The molecule has 0 atom stereocenters. The van der Waals surface area contributed by atoms with Gasteiger partial charge in [0.05, 0.1) is 0 Å². The second-order valence-corrected chi connectivity index (χ2v) is 6.30. The van der Waals surface area contributed by atoms with E-state index in [0.29, 0.717) is 12.2 Å². The summed E-state index contributed by atoms with van der Waals surface area (Å²) in [6.07, 6.45) is 0.792. The van der Waals surface area contributed by atoms with Crippen molar-refractivity contribution in [3.63, 3.8) is 0 Å². The van der Waals surface area contributed by atoms with Crippen LogP contribution >= 0.6 is 0 Å². The van der Waals surface area contributed by atoms with Crippen molar-refractivity contribution in [2.24, 2.45) is 5.73 Å². The average Bonchev–Trinajstić information content (AvgIpc) is 2.66. The third kappa shape index (κ3) is 5.05. The number of hydrogen-bond acceptors (Lipinski definition) is 4. The summed E-state index contributed by atoms with van der Waals surface area (Å²) in [5.41, 5.74) is 8.19. The highest BCUT2D eigenvalue weighted by atomic mass is 16.5. The van der Waals surface area contributed by atoms with Gasteiger partial charge in [0.2, 0.25) is 5.91 Å². The van der Waals surface area contributed by atoms with Crippen LogP contribution in [0.3, 0.4) is 0 Å². The lowest BCUT2D eigenvalue weighted by atomic mass is 10.0. The number of benzene rings is 2. The Morgan fingerprint density at radius 1 is 1.12 bits per heavy atom. The molecular weight excluding hydrogens is 314 g/mol. The van der Waals surface area contributed by atoms with E-state index in [1.807, 2.05) is 42.5 Å². The lowest BCUT2D eigenvalue weighted by Crippen LogP contribution is -2.44. The molecular formula is C20H25N3O2. The van der Waals surface area contributed by atoms with Gasteiger partial charge in [-0.3, -0.25) is 4.79 Å². The zero-order chi connectivity index (χ0) is 17.5. The number of nitrogens with two attached hydrogens (primary N) is 1. The summed E-state index contributed by atoms with van der Waals surface area (Å²) in [6, 6.07) is 15.6. The van der Waals surface area contributed by atoms with Gasteiger partial charge in [-0.2, -0.15) is 0 Å². The molecule has 0 unspecified atom stereocenters. The average molecular weight is 339 g/mol. The minimum absolute atomic E-state index is 0.384. The molecule has 3 rings (SSSR count). The van der Waals surface area contributed by atoms with Crippen LogP contribution in [-0.4, -0.2) is 43.5 Å². The fraction of sp³-hybridized carbons (Fsp3) is 0.350. The molecule has 5 nitrogen and oxygen atoms in total. The van der Waals surface area contributed by atoms with Crippen LogP contribution in [0, 0.1) is 0 Å². The number of hydrogen-bond donors (Lipinski definition) is 2. The lowest BCUT2D eigenvalue weighted by Gasteiger charge is -2.27. The topological polar surface area (TPSA) is 67.6 Å². The fourth-order valence-corrected chi connectivity index (χ4v) is 3.06. The quantitative estimate of drug-likeness (QED) is 0.807. The molecule has 1 amide bonds. The number of ether oxygens (including phenoxy) is 1. The van der Waals surface area contributed by atoms with Crippen LogP contribution in [0.2, 0.25) is 0 Å². The van der Waals surface area contributed by atoms with Gasteiger partial charge in [-0.05, 0) is 35.7 Å². The zero-order valence-corrected chi connectivity index (χ0v) is 14.4. The van der Waals surface area contributed by atoms with Crippen molar-refractivity contribution in [3.05, 3.63) is 65.2 Å². The zero-order valence-electron chi connectivity index (χ0n) is 14.4. The molecule has 0 spiro atoms. The Bertz CT molecular complexity index is 697. The molecule has 1 aliphatic heterocycles. The molecule has 1 aliphatic rings. The van der Waals surface area contributed by atoms with Crippen LogP contribution in [0.25, 0.3) is 0 Å².